The van der Waals surface area contributed by atoms with E-state index in [1.165, 1.54) is 18.2 Å². The third-order valence-electron chi connectivity index (χ3n) is 4.99. The third kappa shape index (κ3) is 5.61. The maximum Gasteiger partial charge on any atom is 0.335 e. The van der Waals surface area contributed by atoms with Gasteiger partial charge in [-0.15, -0.1) is 0 Å². The van der Waals surface area contributed by atoms with Gasteiger partial charge in [0.05, 0.1) is 5.56 Å². The van der Waals surface area contributed by atoms with E-state index in [4.69, 9.17) is 9.84 Å². The first kappa shape index (κ1) is 22.3. The number of hydrogen-bond donors (Lipinski definition) is 2. The number of nitriles is 1. The van der Waals surface area contributed by atoms with Crippen molar-refractivity contribution in [2.75, 3.05) is 5.32 Å². The van der Waals surface area contributed by atoms with Gasteiger partial charge in [-0.25, -0.2) is 4.79 Å². The van der Waals surface area contributed by atoms with Gasteiger partial charge in [0, 0.05) is 5.69 Å². The summed E-state index contributed by atoms with van der Waals surface area (Å²) in [5.74, 6) is -0.897. The first-order valence-corrected chi connectivity index (χ1v) is 9.92. The Morgan fingerprint density at radius 1 is 1.06 bits per heavy atom. The van der Waals surface area contributed by atoms with E-state index in [1.54, 1.807) is 42.5 Å². The van der Waals surface area contributed by atoms with Crippen LogP contribution in [0.2, 0.25) is 0 Å². The number of ether oxygens (including phenoxy) is 1. The summed E-state index contributed by atoms with van der Waals surface area (Å²) < 4.78 is 5.77. The molecule has 0 aliphatic rings. The average Bonchev–Trinajstić information content (AvgIpc) is 2.79. The zero-order valence-electron chi connectivity index (χ0n) is 17.8. The van der Waals surface area contributed by atoms with Crippen molar-refractivity contribution in [1.29, 1.82) is 5.26 Å². The average molecular weight is 426 g/mol. The number of carboxylic acids is 1. The summed E-state index contributed by atoms with van der Waals surface area (Å²) in [6.07, 6.45) is 1.51. The Hall–Kier alpha value is -4.37. The molecule has 0 bridgehead atoms. The smallest absolute Gasteiger partial charge is 0.335 e. The van der Waals surface area contributed by atoms with E-state index in [0.29, 0.717) is 17.0 Å². The Morgan fingerprint density at radius 3 is 2.47 bits per heavy atom. The highest BCUT2D eigenvalue weighted by molar-refractivity contribution is 6.10. The number of benzene rings is 3. The van der Waals surface area contributed by atoms with E-state index in [1.807, 2.05) is 32.0 Å². The summed E-state index contributed by atoms with van der Waals surface area (Å²) in [6, 6.07) is 21.0. The van der Waals surface area contributed by atoms with E-state index in [0.717, 1.165) is 16.7 Å². The molecule has 6 nitrogen and oxygen atoms in total. The molecular weight excluding hydrogens is 404 g/mol. The van der Waals surface area contributed by atoms with Crippen molar-refractivity contribution in [2.24, 2.45) is 0 Å². The van der Waals surface area contributed by atoms with Crippen LogP contribution < -0.4 is 10.1 Å². The predicted octanol–water partition coefficient (Wildman–Crippen LogP) is 5.13. The van der Waals surface area contributed by atoms with Crippen LogP contribution in [0.5, 0.6) is 5.75 Å². The van der Waals surface area contributed by atoms with Gasteiger partial charge in [-0.1, -0.05) is 36.4 Å². The maximum absolute atomic E-state index is 12.6. The second kappa shape index (κ2) is 10.1. The largest absolute Gasteiger partial charge is 0.489 e. The van der Waals surface area contributed by atoms with Crippen molar-refractivity contribution in [3.05, 3.63) is 100 Å². The molecule has 0 aliphatic carbocycles. The molecule has 0 saturated carbocycles. The second-order valence-electron chi connectivity index (χ2n) is 7.23. The van der Waals surface area contributed by atoms with E-state index in [2.05, 4.69) is 5.32 Å². The lowest BCUT2D eigenvalue weighted by Crippen LogP contribution is -2.14. The van der Waals surface area contributed by atoms with Crippen LogP contribution >= 0.6 is 0 Å². The van der Waals surface area contributed by atoms with Crippen LogP contribution in [0.25, 0.3) is 6.08 Å². The Morgan fingerprint density at radius 2 is 1.78 bits per heavy atom. The van der Waals surface area contributed by atoms with Gasteiger partial charge in [0.25, 0.3) is 5.91 Å². The zero-order chi connectivity index (χ0) is 23.1. The van der Waals surface area contributed by atoms with Crippen LogP contribution in [0, 0.1) is 25.2 Å². The number of rotatable bonds is 7. The second-order valence-corrected chi connectivity index (χ2v) is 7.23. The third-order valence-corrected chi connectivity index (χ3v) is 4.99. The van der Waals surface area contributed by atoms with Crippen molar-refractivity contribution < 1.29 is 19.4 Å². The first-order valence-electron chi connectivity index (χ1n) is 9.92. The number of aryl methyl sites for hydroxylation is 1. The standard InChI is InChI=1S/C26H22N2O4/c1-17-5-3-8-24(18(17)2)28-25(29)22(15-27)13-20-6-4-7-23(14-20)32-16-19-9-11-21(12-10-19)26(30)31/h3-14H,16H2,1-2H3,(H,28,29)(H,30,31)/b22-13-. The maximum atomic E-state index is 12.6. The predicted molar refractivity (Wildman–Crippen MR) is 122 cm³/mol. The molecule has 0 atom stereocenters. The van der Waals surface area contributed by atoms with Gasteiger partial charge in [0.2, 0.25) is 0 Å². The highest BCUT2D eigenvalue weighted by atomic mass is 16.5. The molecule has 0 radical (unpaired) electrons. The highest BCUT2D eigenvalue weighted by Gasteiger charge is 2.12. The number of carbonyl (C=O) groups excluding carboxylic acids is 1. The summed E-state index contributed by atoms with van der Waals surface area (Å²) >= 11 is 0. The SMILES string of the molecule is Cc1cccc(NC(=O)/C(C#N)=C\c2cccc(OCc3ccc(C(=O)O)cc3)c2)c1C. The molecule has 2 N–H and O–H groups in total. The monoisotopic (exact) mass is 426 g/mol. The topological polar surface area (TPSA) is 99.4 Å². The number of anilines is 1. The van der Waals surface area contributed by atoms with Crippen LogP contribution in [-0.2, 0) is 11.4 Å². The number of carbonyl (C=O) groups is 2. The lowest BCUT2D eigenvalue weighted by atomic mass is 10.1. The van der Waals surface area contributed by atoms with Gasteiger partial charge in [-0.2, -0.15) is 5.26 Å². The van der Waals surface area contributed by atoms with Crippen LogP contribution in [0.3, 0.4) is 0 Å². The highest BCUT2D eigenvalue weighted by Crippen LogP contribution is 2.21. The van der Waals surface area contributed by atoms with Crippen LogP contribution in [0.15, 0.2) is 72.3 Å². The minimum Gasteiger partial charge on any atom is -0.489 e. The van der Waals surface area contributed by atoms with Gasteiger partial charge >= 0.3 is 5.97 Å². The molecule has 3 aromatic carbocycles. The number of nitrogens with zero attached hydrogens (tertiary/aromatic N) is 1. The van der Waals surface area contributed by atoms with Crippen LogP contribution in [0.4, 0.5) is 5.69 Å². The van der Waals surface area contributed by atoms with Gasteiger partial charge in [-0.3, -0.25) is 4.79 Å². The van der Waals surface area contributed by atoms with E-state index >= 15 is 0 Å². The lowest BCUT2D eigenvalue weighted by molar-refractivity contribution is -0.112. The Balaban J connectivity index is 1.71. The molecule has 0 aromatic heterocycles. The number of carboxylic acid groups (broad SMARTS) is 1. The molecular formula is C26H22N2O4. The molecule has 0 fully saturated rings. The van der Waals surface area contributed by atoms with Crippen molar-refractivity contribution in [1.82, 2.24) is 0 Å². The minimum absolute atomic E-state index is 0.0210. The van der Waals surface area contributed by atoms with Crippen molar-refractivity contribution >= 4 is 23.6 Å². The zero-order valence-corrected chi connectivity index (χ0v) is 17.8. The molecule has 0 heterocycles. The number of hydrogen-bond acceptors (Lipinski definition) is 4. The quantitative estimate of drug-likeness (QED) is 0.403. The summed E-state index contributed by atoms with van der Waals surface area (Å²) in [6.45, 7) is 4.13. The molecule has 3 aromatic rings. The molecule has 32 heavy (non-hydrogen) atoms. The fourth-order valence-corrected chi connectivity index (χ4v) is 3.00. The number of amides is 1. The summed E-state index contributed by atoms with van der Waals surface area (Å²) in [5.41, 5.74) is 4.33. The summed E-state index contributed by atoms with van der Waals surface area (Å²) in [4.78, 5) is 23.5. The Labute approximate surface area is 186 Å². The number of nitrogens with one attached hydrogen (secondary N) is 1. The fourth-order valence-electron chi connectivity index (χ4n) is 3.00. The fraction of sp³-hybridized carbons (Fsp3) is 0.115. The normalized spacial score (nSPS) is 10.8. The molecule has 0 aliphatic heterocycles. The summed E-state index contributed by atoms with van der Waals surface area (Å²) in [5, 5.41) is 21.2. The van der Waals surface area contributed by atoms with Gasteiger partial charge in [0.15, 0.2) is 0 Å². The van der Waals surface area contributed by atoms with Gasteiger partial charge in [-0.05, 0) is 72.5 Å². The first-order chi connectivity index (χ1) is 15.4. The Bertz CT molecular complexity index is 1220. The molecule has 0 unspecified atom stereocenters. The lowest BCUT2D eigenvalue weighted by Gasteiger charge is -2.10. The molecule has 160 valence electrons. The van der Waals surface area contributed by atoms with E-state index < -0.39 is 11.9 Å². The molecule has 6 heteroatoms. The van der Waals surface area contributed by atoms with Crippen LogP contribution in [0.1, 0.15) is 32.6 Å². The molecule has 0 saturated heterocycles. The van der Waals surface area contributed by atoms with Crippen molar-refractivity contribution in [2.45, 2.75) is 20.5 Å². The van der Waals surface area contributed by atoms with E-state index in [9.17, 15) is 14.9 Å². The van der Waals surface area contributed by atoms with Crippen molar-refractivity contribution in [3.63, 3.8) is 0 Å². The van der Waals surface area contributed by atoms with Gasteiger partial charge in [0.1, 0.15) is 24.0 Å². The minimum atomic E-state index is -0.980. The van der Waals surface area contributed by atoms with Crippen LogP contribution in [-0.4, -0.2) is 17.0 Å². The molecule has 1 amide bonds. The van der Waals surface area contributed by atoms with Crippen molar-refractivity contribution in [3.8, 4) is 11.8 Å². The summed E-state index contributed by atoms with van der Waals surface area (Å²) in [7, 11) is 0. The van der Waals surface area contributed by atoms with E-state index in [-0.39, 0.29) is 17.7 Å². The molecule has 3 rings (SSSR count). The molecule has 0 spiro atoms. The Kier molecular flexibility index (Phi) is 7.04. The van der Waals surface area contributed by atoms with Gasteiger partial charge < -0.3 is 15.2 Å². The number of aromatic carboxylic acids is 1.